The van der Waals surface area contributed by atoms with E-state index in [1.54, 1.807) is 11.8 Å². The Morgan fingerprint density at radius 1 is 1.14 bits per heavy atom. The zero-order valence-corrected chi connectivity index (χ0v) is 13.1. The number of carbonyl (C=O) groups excluding carboxylic acids is 1. The van der Waals surface area contributed by atoms with E-state index in [0.29, 0.717) is 12.3 Å². The van der Waals surface area contributed by atoms with Crippen LogP contribution in [0.25, 0.3) is 0 Å². The quantitative estimate of drug-likeness (QED) is 0.817. The van der Waals surface area contributed by atoms with E-state index < -0.39 is 23.1 Å². The maximum Gasteiger partial charge on any atom is 0.257 e. The molecule has 22 heavy (non-hydrogen) atoms. The molecule has 0 unspecified atom stereocenters. The molecule has 0 fully saturated rings. The topological polar surface area (TPSA) is 29.1 Å². The highest BCUT2D eigenvalue weighted by atomic mass is 32.2. The minimum absolute atomic E-state index is 0.364. The summed E-state index contributed by atoms with van der Waals surface area (Å²) in [5, 5.41) is 2.54. The molecule has 0 saturated carbocycles. The van der Waals surface area contributed by atoms with Gasteiger partial charge in [-0.25, -0.2) is 8.78 Å². The lowest BCUT2D eigenvalue weighted by Gasteiger charge is -2.07. The lowest BCUT2D eigenvalue weighted by molar-refractivity contribution is 0.0948. The van der Waals surface area contributed by atoms with E-state index in [1.165, 1.54) is 17.2 Å². The number of nitrogens with one attached hydrogen (secondary N) is 1. The number of hydrogen-bond acceptors (Lipinski definition) is 2. The molecular weight excluding hydrogens is 304 g/mol. The lowest BCUT2D eigenvalue weighted by atomic mass is 10.2. The van der Waals surface area contributed by atoms with Crippen molar-refractivity contribution in [3.63, 3.8) is 0 Å². The van der Waals surface area contributed by atoms with Gasteiger partial charge in [0, 0.05) is 18.1 Å². The van der Waals surface area contributed by atoms with Gasteiger partial charge in [-0.3, -0.25) is 4.79 Å². The van der Waals surface area contributed by atoms with Crippen molar-refractivity contribution in [2.75, 3.05) is 12.3 Å². The molecule has 1 amide bonds. The summed E-state index contributed by atoms with van der Waals surface area (Å²) in [7, 11) is 0. The largest absolute Gasteiger partial charge is 0.351 e. The summed E-state index contributed by atoms with van der Waals surface area (Å²) < 4.78 is 26.9. The molecule has 2 aromatic rings. The Hall–Kier alpha value is -1.88. The van der Waals surface area contributed by atoms with Gasteiger partial charge in [0.1, 0.15) is 17.2 Å². The van der Waals surface area contributed by atoms with Crippen LogP contribution in [0, 0.1) is 18.6 Å². The second-order valence-electron chi connectivity index (χ2n) is 4.89. The van der Waals surface area contributed by atoms with Crippen molar-refractivity contribution in [3.8, 4) is 0 Å². The van der Waals surface area contributed by atoms with Crippen molar-refractivity contribution in [1.82, 2.24) is 5.32 Å². The first-order valence-electron chi connectivity index (χ1n) is 6.93. The summed E-state index contributed by atoms with van der Waals surface area (Å²) in [6, 6.07) is 11.6. The second-order valence-corrected chi connectivity index (χ2v) is 6.00. The molecule has 0 saturated heterocycles. The summed E-state index contributed by atoms with van der Waals surface area (Å²) in [6.07, 6.45) is 0. The van der Waals surface area contributed by atoms with E-state index in [-0.39, 0.29) is 0 Å². The molecule has 0 radical (unpaired) electrons. The highest BCUT2D eigenvalue weighted by Crippen LogP contribution is 2.14. The van der Waals surface area contributed by atoms with Crippen molar-refractivity contribution in [3.05, 3.63) is 70.8 Å². The van der Waals surface area contributed by atoms with Crippen LogP contribution in [0.1, 0.15) is 21.5 Å². The summed E-state index contributed by atoms with van der Waals surface area (Å²) in [5.74, 6) is -0.886. The SMILES string of the molecule is Cc1cccc(CSCCNC(=O)c2c(F)cccc2F)c1. The van der Waals surface area contributed by atoms with Gasteiger partial charge < -0.3 is 5.32 Å². The van der Waals surface area contributed by atoms with Crippen LogP contribution in [0.4, 0.5) is 8.78 Å². The van der Waals surface area contributed by atoms with Gasteiger partial charge in [0.2, 0.25) is 0 Å². The normalized spacial score (nSPS) is 10.5. The summed E-state index contributed by atoms with van der Waals surface area (Å²) in [6.45, 7) is 2.40. The van der Waals surface area contributed by atoms with E-state index in [1.807, 2.05) is 25.1 Å². The third-order valence-corrected chi connectivity index (χ3v) is 4.10. The number of rotatable bonds is 6. The molecule has 0 aliphatic carbocycles. The van der Waals surface area contributed by atoms with Gasteiger partial charge in [-0.15, -0.1) is 0 Å². The van der Waals surface area contributed by atoms with Crippen molar-refractivity contribution in [2.45, 2.75) is 12.7 Å². The Morgan fingerprint density at radius 2 is 1.82 bits per heavy atom. The van der Waals surface area contributed by atoms with Crippen molar-refractivity contribution in [2.24, 2.45) is 0 Å². The average Bonchev–Trinajstić information content (AvgIpc) is 2.47. The van der Waals surface area contributed by atoms with Gasteiger partial charge in [-0.2, -0.15) is 11.8 Å². The van der Waals surface area contributed by atoms with E-state index in [9.17, 15) is 13.6 Å². The maximum absolute atomic E-state index is 13.4. The fourth-order valence-corrected chi connectivity index (χ4v) is 2.84. The molecular formula is C17H17F2NOS. The highest BCUT2D eigenvalue weighted by Gasteiger charge is 2.16. The summed E-state index contributed by atoms with van der Waals surface area (Å²) in [4.78, 5) is 11.8. The monoisotopic (exact) mass is 321 g/mol. The van der Waals surface area contributed by atoms with Gasteiger partial charge >= 0.3 is 0 Å². The number of hydrogen-bond donors (Lipinski definition) is 1. The number of thioether (sulfide) groups is 1. The molecule has 5 heteroatoms. The summed E-state index contributed by atoms with van der Waals surface area (Å²) in [5.41, 5.74) is 1.91. The first-order chi connectivity index (χ1) is 10.6. The summed E-state index contributed by atoms with van der Waals surface area (Å²) >= 11 is 1.66. The molecule has 2 aromatic carbocycles. The molecule has 0 bridgehead atoms. The fraction of sp³-hybridized carbons (Fsp3) is 0.235. The fourth-order valence-electron chi connectivity index (χ4n) is 2.03. The molecule has 2 nitrogen and oxygen atoms in total. The lowest BCUT2D eigenvalue weighted by Crippen LogP contribution is -2.27. The van der Waals surface area contributed by atoms with Crippen LogP contribution in [0.15, 0.2) is 42.5 Å². The Balaban J connectivity index is 1.76. The molecule has 0 heterocycles. The number of carbonyl (C=O) groups is 1. The van der Waals surface area contributed by atoms with Crippen molar-refractivity contribution >= 4 is 17.7 Å². The minimum Gasteiger partial charge on any atom is -0.351 e. The Kier molecular flexibility index (Phi) is 5.95. The van der Waals surface area contributed by atoms with Crippen LogP contribution >= 0.6 is 11.8 Å². The first kappa shape index (κ1) is 16.5. The Bertz CT molecular complexity index is 641. The number of aryl methyl sites for hydroxylation is 1. The van der Waals surface area contributed by atoms with Crippen LogP contribution < -0.4 is 5.32 Å². The second kappa shape index (κ2) is 7.94. The minimum atomic E-state index is -0.843. The molecule has 0 atom stereocenters. The van der Waals surface area contributed by atoms with Crippen LogP contribution in [0.5, 0.6) is 0 Å². The van der Waals surface area contributed by atoms with E-state index in [0.717, 1.165) is 17.9 Å². The molecule has 2 rings (SSSR count). The first-order valence-corrected chi connectivity index (χ1v) is 8.09. The van der Waals surface area contributed by atoms with E-state index >= 15 is 0 Å². The molecule has 0 aliphatic heterocycles. The third kappa shape index (κ3) is 4.56. The van der Waals surface area contributed by atoms with Gasteiger partial charge in [-0.05, 0) is 24.6 Å². The van der Waals surface area contributed by atoms with E-state index in [2.05, 4.69) is 11.4 Å². The standard InChI is InChI=1S/C17H17F2NOS/c1-12-4-2-5-13(10-12)11-22-9-8-20-17(21)16-14(18)6-3-7-15(16)19/h2-7,10H,8-9,11H2,1H3,(H,20,21). The van der Waals surface area contributed by atoms with Crippen LogP contribution in [-0.4, -0.2) is 18.2 Å². The van der Waals surface area contributed by atoms with Gasteiger partial charge in [0.15, 0.2) is 0 Å². The zero-order valence-electron chi connectivity index (χ0n) is 12.2. The third-order valence-electron chi connectivity index (χ3n) is 3.07. The number of amides is 1. The van der Waals surface area contributed by atoms with E-state index in [4.69, 9.17) is 0 Å². The van der Waals surface area contributed by atoms with Crippen LogP contribution in [-0.2, 0) is 5.75 Å². The Morgan fingerprint density at radius 3 is 2.50 bits per heavy atom. The zero-order chi connectivity index (χ0) is 15.9. The van der Waals surface area contributed by atoms with Gasteiger partial charge in [-0.1, -0.05) is 35.9 Å². The predicted octanol–water partition coefficient (Wildman–Crippen LogP) is 3.94. The van der Waals surface area contributed by atoms with Crippen LogP contribution in [0.2, 0.25) is 0 Å². The maximum atomic E-state index is 13.4. The molecule has 1 N–H and O–H groups in total. The highest BCUT2D eigenvalue weighted by molar-refractivity contribution is 7.98. The van der Waals surface area contributed by atoms with Crippen LogP contribution in [0.3, 0.4) is 0 Å². The molecule has 0 spiro atoms. The molecule has 0 aliphatic rings. The number of benzene rings is 2. The van der Waals surface area contributed by atoms with Gasteiger partial charge in [0.05, 0.1) is 0 Å². The molecule has 0 aromatic heterocycles. The van der Waals surface area contributed by atoms with Crippen molar-refractivity contribution in [1.29, 1.82) is 0 Å². The predicted molar refractivity (Wildman–Crippen MR) is 86.0 cm³/mol. The van der Waals surface area contributed by atoms with Gasteiger partial charge in [0.25, 0.3) is 5.91 Å². The Labute approximate surface area is 132 Å². The number of halogens is 2. The smallest absolute Gasteiger partial charge is 0.257 e. The average molecular weight is 321 g/mol. The van der Waals surface area contributed by atoms with Crippen molar-refractivity contribution < 1.29 is 13.6 Å². The molecule has 116 valence electrons.